The van der Waals surface area contributed by atoms with Gasteiger partial charge >= 0.3 is 0 Å². The topological polar surface area (TPSA) is 93.7 Å². The van der Waals surface area contributed by atoms with Crippen LogP contribution in [0.3, 0.4) is 0 Å². The molecule has 4 rings (SSSR count). The molecule has 3 aromatic rings. The highest BCUT2D eigenvalue weighted by molar-refractivity contribution is 7.91. The Morgan fingerprint density at radius 3 is 2.86 bits per heavy atom. The summed E-state index contributed by atoms with van der Waals surface area (Å²) >= 11 is 0. The lowest BCUT2D eigenvalue weighted by molar-refractivity contribution is 0.317. The minimum Gasteiger partial charge on any atom is -0.493 e. The first-order valence-electron chi connectivity index (χ1n) is 12.5. The number of aryl methyl sites for hydroxylation is 1. The summed E-state index contributed by atoms with van der Waals surface area (Å²) in [6.45, 7) is 5.71. The summed E-state index contributed by atoms with van der Waals surface area (Å²) in [5.74, 6) is 2.05. The van der Waals surface area contributed by atoms with Crippen LogP contribution in [0, 0.1) is 6.92 Å². The third-order valence-corrected chi connectivity index (χ3v) is 7.73. The van der Waals surface area contributed by atoms with Crippen LogP contribution >= 0.6 is 0 Å². The Bertz CT molecular complexity index is 1360. The smallest absolute Gasteiger partial charge is 0.227 e. The molecule has 1 aliphatic heterocycles. The van der Waals surface area contributed by atoms with E-state index in [-0.39, 0.29) is 18.1 Å². The zero-order valence-electron chi connectivity index (χ0n) is 21.6. The van der Waals surface area contributed by atoms with Crippen molar-refractivity contribution in [3.05, 3.63) is 71.9 Å². The molecule has 0 saturated heterocycles. The Balaban J connectivity index is 1.66. The van der Waals surface area contributed by atoms with Crippen LogP contribution in [0.25, 0.3) is 11.3 Å². The van der Waals surface area contributed by atoms with Crippen molar-refractivity contribution in [2.24, 2.45) is 0 Å². The standard InChI is InChI=1S/C28H34N4O4S/c1-4-37(33,34)16-15-36-26-12-11-24-17-23(26)20-32(3)13-6-5-7-14-35-25-10-8-9-22(18-25)27-21(2)19-29-28(30-24)31-27/h5-6,8-12,17-19H,4,7,13-16,20H2,1-3H3,(H,29,30,31)/b6-5+. The molecule has 37 heavy (non-hydrogen) atoms. The van der Waals surface area contributed by atoms with Crippen LogP contribution in [0.15, 0.2) is 60.8 Å². The molecule has 2 aromatic carbocycles. The Morgan fingerprint density at radius 1 is 1.16 bits per heavy atom. The second kappa shape index (κ2) is 12.2. The van der Waals surface area contributed by atoms with Crippen molar-refractivity contribution >= 4 is 21.5 Å². The van der Waals surface area contributed by atoms with Crippen LogP contribution in [0.2, 0.25) is 0 Å². The normalized spacial score (nSPS) is 15.5. The van der Waals surface area contributed by atoms with Crippen LogP contribution in [-0.4, -0.2) is 61.6 Å². The van der Waals surface area contributed by atoms with E-state index in [1.54, 1.807) is 6.92 Å². The van der Waals surface area contributed by atoms with Gasteiger partial charge in [-0.3, -0.25) is 4.90 Å². The minimum atomic E-state index is -3.10. The molecule has 0 atom stereocenters. The third kappa shape index (κ3) is 7.53. The summed E-state index contributed by atoms with van der Waals surface area (Å²) in [5, 5.41) is 3.32. The van der Waals surface area contributed by atoms with Gasteiger partial charge in [-0.25, -0.2) is 18.4 Å². The fourth-order valence-electron chi connectivity index (χ4n) is 3.97. The minimum absolute atomic E-state index is 0.00915. The summed E-state index contributed by atoms with van der Waals surface area (Å²) in [6.07, 6.45) is 6.85. The average molecular weight is 523 g/mol. The number of nitrogens with zero attached hydrogens (tertiary/aromatic N) is 3. The first-order valence-corrected chi connectivity index (χ1v) is 14.3. The maximum absolute atomic E-state index is 11.9. The van der Waals surface area contributed by atoms with E-state index in [0.717, 1.165) is 46.8 Å². The van der Waals surface area contributed by atoms with Crippen molar-refractivity contribution in [3.63, 3.8) is 0 Å². The number of rotatable bonds is 5. The van der Waals surface area contributed by atoms with Gasteiger partial charge in [-0.1, -0.05) is 31.2 Å². The SMILES string of the molecule is CCS(=O)(=O)CCOc1ccc2cc1CN(C)C/C=C/CCOc1cccc(c1)-c1nc(ncc1C)N2. The number of benzene rings is 2. The number of aromatic nitrogens is 2. The van der Waals surface area contributed by atoms with Gasteiger partial charge in [-0.15, -0.1) is 0 Å². The lowest BCUT2D eigenvalue weighted by Crippen LogP contribution is -2.20. The third-order valence-electron chi connectivity index (χ3n) is 6.06. The zero-order chi connectivity index (χ0) is 26.3. The van der Waals surface area contributed by atoms with E-state index in [0.29, 0.717) is 24.8 Å². The summed E-state index contributed by atoms with van der Waals surface area (Å²) < 4.78 is 35.7. The van der Waals surface area contributed by atoms with E-state index in [1.165, 1.54) is 0 Å². The van der Waals surface area contributed by atoms with Crippen molar-refractivity contribution in [2.45, 2.75) is 26.8 Å². The van der Waals surface area contributed by atoms with Crippen molar-refractivity contribution < 1.29 is 17.9 Å². The number of hydrogen-bond donors (Lipinski definition) is 1. The Kier molecular flexibility index (Phi) is 8.78. The number of ether oxygens (including phenoxy) is 2. The molecule has 0 saturated carbocycles. The molecule has 0 unspecified atom stereocenters. The lowest BCUT2D eigenvalue weighted by Gasteiger charge is -2.19. The summed E-state index contributed by atoms with van der Waals surface area (Å²) in [5.41, 5.74) is 4.53. The number of anilines is 2. The van der Waals surface area contributed by atoms with Gasteiger partial charge < -0.3 is 14.8 Å². The van der Waals surface area contributed by atoms with Crippen LogP contribution in [-0.2, 0) is 16.4 Å². The molecule has 6 bridgehead atoms. The second-order valence-electron chi connectivity index (χ2n) is 9.09. The molecule has 2 heterocycles. The predicted octanol–water partition coefficient (Wildman–Crippen LogP) is 4.78. The molecule has 0 spiro atoms. The zero-order valence-corrected chi connectivity index (χ0v) is 22.4. The lowest BCUT2D eigenvalue weighted by atomic mass is 10.1. The van der Waals surface area contributed by atoms with E-state index >= 15 is 0 Å². The fourth-order valence-corrected chi connectivity index (χ4v) is 4.60. The van der Waals surface area contributed by atoms with E-state index in [9.17, 15) is 8.42 Å². The molecule has 0 radical (unpaired) electrons. The van der Waals surface area contributed by atoms with E-state index in [4.69, 9.17) is 14.5 Å². The van der Waals surface area contributed by atoms with Crippen molar-refractivity contribution in [1.82, 2.24) is 14.9 Å². The van der Waals surface area contributed by atoms with Gasteiger partial charge in [0, 0.05) is 41.9 Å². The van der Waals surface area contributed by atoms with Gasteiger partial charge in [0.2, 0.25) is 5.95 Å². The van der Waals surface area contributed by atoms with Crippen LogP contribution < -0.4 is 14.8 Å². The van der Waals surface area contributed by atoms with E-state index in [2.05, 4.69) is 27.4 Å². The largest absolute Gasteiger partial charge is 0.493 e. The fraction of sp³-hybridized carbons (Fsp3) is 0.357. The van der Waals surface area contributed by atoms with Gasteiger partial charge in [0.15, 0.2) is 9.84 Å². The molecule has 0 fully saturated rings. The molecular formula is C28H34N4O4S. The van der Waals surface area contributed by atoms with Crippen LogP contribution in [0.4, 0.5) is 11.6 Å². The molecule has 1 N–H and O–H groups in total. The van der Waals surface area contributed by atoms with Gasteiger partial charge in [0.1, 0.15) is 18.1 Å². The maximum atomic E-state index is 11.9. The molecule has 0 amide bonds. The van der Waals surface area contributed by atoms with Crippen molar-refractivity contribution in [2.75, 3.05) is 43.6 Å². The summed E-state index contributed by atoms with van der Waals surface area (Å²) in [4.78, 5) is 11.4. The number of sulfone groups is 1. The Labute approximate surface area is 219 Å². The van der Waals surface area contributed by atoms with Gasteiger partial charge in [-0.2, -0.15) is 0 Å². The number of hydrogen-bond acceptors (Lipinski definition) is 8. The highest BCUT2D eigenvalue weighted by atomic mass is 32.2. The van der Waals surface area contributed by atoms with Crippen molar-refractivity contribution in [3.8, 4) is 22.8 Å². The quantitative estimate of drug-likeness (QED) is 0.479. The molecular weight excluding hydrogens is 488 g/mol. The van der Waals surface area contributed by atoms with E-state index in [1.807, 2.05) is 62.6 Å². The number of likely N-dealkylation sites (N-methyl/N-ethyl adjacent to an activating group) is 1. The molecule has 8 nitrogen and oxygen atoms in total. The van der Waals surface area contributed by atoms with Crippen molar-refractivity contribution in [1.29, 1.82) is 0 Å². The van der Waals surface area contributed by atoms with Gasteiger partial charge in [-0.05, 0) is 56.3 Å². The average Bonchev–Trinajstić information content (AvgIpc) is 2.88. The van der Waals surface area contributed by atoms with Crippen LogP contribution in [0.1, 0.15) is 24.5 Å². The molecule has 1 aliphatic rings. The molecule has 0 aliphatic carbocycles. The highest BCUT2D eigenvalue weighted by Crippen LogP contribution is 2.29. The van der Waals surface area contributed by atoms with Gasteiger partial charge in [0.25, 0.3) is 0 Å². The first-order chi connectivity index (χ1) is 17.8. The summed E-state index contributed by atoms with van der Waals surface area (Å²) in [6, 6.07) is 13.7. The number of nitrogens with one attached hydrogen (secondary N) is 1. The Hall–Kier alpha value is -3.43. The highest BCUT2D eigenvalue weighted by Gasteiger charge is 2.13. The van der Waals surface area contributed by atoms with E-state index < -0.39 is 9.84 Å². The molecule has 1 aromatic heterocycles. The first kappa shape index (κ1) is 26.6. The molecule has 9 heteroatoms. The van der Waals surface area contributed by atoms with Crippen LogP contribution in [0.5, 0.6) is 11.5 Å². The molecule has 196 valence electrons. The maximum Gasteiger partial charge on any atom is 0.227 e. The predicted molar refractivity (Wildman–Crippen MR) is 147 cm³/mol. The Morgan fingerprint density at radius 2 is 2.03 bits per heavy atom. The second-order valence-corrected chi connectivity index (χ2v) is 11.6. The summed E-state index contributed by atoms with van der Waals surface area (Å²) in [7, 11) is -1.07. The monoisotopic (exact) mass is 522 g/mol. The number of fused-ring (bicyclic) bond motifs is 7. The van der Waals surface area contributed by atoms with Gasteiger partial charge in [0.05, 0.1) is 18.1 Å².